The molecule has 0 unspecified atom stereocenters. The molecule has 0 bridgehead atoms. The number of alkyl halides is 2. The van der Waals surface area contributed by atoms with Gasteiger partial charge in [0.05, 0.1) is 5.01 Å². The number of rotatable bonds is 7. The number of Topliss-reactive ketones (excluding diaryl/α,β-unsaturated/α-hetero) is 1. The number of halogens is 3. The highest BCUT2D eigenvalue weighted by atomic mass is 35.5. The number of ether oxygens (including phenoxy) is 1. The van der Waals surface area contributed by atoms with Crippen LogP contribution >= 0.6 is 22.9 Å². The molecule has 0 radical (unpaired) electrons. The summed E-state index contributed by atoms with van der Waals surface area (Å²) in [5.41, 5.74) is 3.50. The molecule has 0 saturated heterocycles. The van der Waals surface area contributed by atoms with Gasteiger partial charge in [0, 0.05) is 25.2 Å². The predicted octanol–water partition coefficient (Wildman–Crippen LogP) is 4.88. The topological polar surface area (TPSA) is 65.0 Å². The zero-order chi connectivity index (χ0) is 19.8. The van der Waals surface area contributed by atoms with Crippen LogP contribution in [0.5, 0.6) is 5.88 Å². The van der Waals surface area contributed by atoms with E-state index >= 15 is 0 Å². The van der Waals surface area contributed by atoms with Crippen molar-refractivity contribution in [3.63, 3.8) is 0 Å². The maximum atomic E-state index is 12.6. The molecule has 4 rings (SSSR count). The van der Waals surface area contributed by atoms with Gasteiger partial charge < -0.3 is 4.74 Å². The number of thiazole rings is 1. The van der Waals surface area contributed by atoms with E-state index in [-0.39, 0.29) is 29.5 Å². The largest absolute Gasteiger partial charge is 0.415 e. The molecular formula is C19H16ClF2N3O2S. The number of fused-ring (bicyclic) bond motifs is 1. The van der Waals surface area contributed by atoms with Crippen LogP contribution in [-0.2, 0) is 17.6 Å². The summed E-state index contributed by atoms with van der Waals surface area (Å²) < 4.78 is 28.8. The van der Waals surface area contributed by atoms with Gasteiger partial charge in [0.2, 0.25) is 5.88 Å². The lowest BCUT2D eigenvalue weighted by Gasteiger charge is -2.10. The summed E-state index contributed by atoms with van der Waals surface area (Å²) in [6.07, 6.45) is 5.63. The van der Waals surface area contributed by atoms with Gasteiger partial charge in [-0.05, 0) is 48.4 Å². The lowest BCUT2D eigenvalue weighted by molar-refractivity contribution is -0.117. The molecule has 0 spiro atoms. The minimum atomic E-state index is -3.00. The van der Waals surface area contributed by atoms with Gasteiger partial charge in [-0.2, -0.15) is 8.78 Å². The minimum absolute atomic E-state index is 0.0320. The molecule has 1 aliphatic rings. The van der Waals surface area contributed by atoms with Crippen LogP contribution in [0.3, 0.4) is 0 Å². The third-order valence-electron chi connectivity index (χ3n) is 4.49. The van der Waals surface area contributed by atoms with E-state index in [4.69, 9.17) is 11.6 Å². The highest BCUT2D eigenvalue weighted by Gasteiger charge is 2.30. The molecule has 146 valence electrons. The van der Waals surface area contributed by atoms with Gasteiger partial charge in [0.1, 0.15) is 21.2 Å². The maximum Gasteiger partial charge on any atom is 0.388 e. The van der Waals surface area contributed by atoms with Crippen molar-refractivity contribution in [1.29, 1.82) is 0 Å². The second kappa shape index (κ2) is 7.67. The van der Waals surface area contributed by atoms with Crippen molar-refractivity contribution in [2.75, 3.05) is 0 Å². The number of pyridine rings is 2. The second-order valence-corrected chi connectivity index (χ2v) is 8.35. The Balaban J connectivity index is 1.53. The van der Waals surface area contributed by atoms with Gasteiger partial charge in [-0.15, -0.1) is 0 Å². The monoisotopic (exact) mass is 423 g/mol. The Bertz CT molecular complexity index is 1050. The summed E-state index contributed by atoms with van der Waals surface area (Å²) in [6, 6.07) is 1.43. The standard InChI is InChI=1S/C19H16ClF2N3O2S/c1-9-25-16-15(11-2-3-11)12(8-24-18(16)28-9)6-13(26)4-10-5-14(20)17(23-7-10)27-19(21)22/h5,7-8,11,19H,2-4,6H2,1H3. The first kappa shape index (κ1) is 19.1. The van der Waals surface area contributed by atoms with E-state index in [9.17, 15) is 13.6 Å². The molecule has 0 amide bonds. The third kappa shape index (κ3) is 4.12. The number of carbonyl (C=O) groups is 1. The van der Waals surface area contributed by atoms with E-state index in [1.807, 2.05) is 6.92 Å². The molecule has 3 aromatic heterocycles. The molecule has 9 heteroatoms. The molecule has 0 aliphatic heterocycles. The Kier molecular flexibility index (Phi) is 5.25. The Morgan fingerprint density at radius 2 is 2.11 bits per heavy atom. The van der Waals surface area contributed by atoms with Crippen LogP contribution in [0.4, 0.5) is 8.78 Å². The molecule has 28 heavy (non-hydrogen) atoms. The summed E-state index contributed by atoms with van der Waals surface area (Å²) in [7, 11) is 0. The fourth-order valence-electron chi connectivity index (χ4n) is 3.24. The van der Waals surface area contributed by atoms with Gasteiger partial charge in [0.25, 0.3) is 0 Å². The van der Waals surface area contributed by atoms with Crippen LogP contribution in [0.2, 0.25) is 5.02 Å². The average molecular weight is 424 g/mol. The highest BCUT2D eigenvalue weighted by Crippen LogP contribution is 2.45. The Morgan fingerprint density at radius 1 is 1.32 bits per heavy atom. The van der Waals surface area contributed by atoms with Crippen molar-refractivity contribution >= 4 is 39.1 Å². The Labute approximate surface area is 168 Å². The normalized spacial score (nSPS) is 14.0. The smallest absolute Gasteiger partial charge is 0.388 e. The lowest BCUT2D eigenvalue weighted by Crippen LogP contribution is -2.10. The fourth-order valence-corrected chi connectivity index (χ4v) is 4.25. The van der Waals surface area contributed by atoms with Crippen LogP contribution in [0.25, 0.3) is 10.3 Å². The number of carbonyl (C=O) groups excluding carboxylic acids is 1. The van der Waals surface area contributed by atoms with Crippen LogP contribution in [-0.4, -0.2) is 27.3 Å². The third-order valence-corrected chi connectivity index (χ3v) is 5.64. The summed E-state index contributed by atoms with van der Waals surface area (Å²) in [5.74, 6) is 0.0597. The van der Waals surface area contributed by atoms with Crippen molar-refractivity contribution in [3.05, 3.63) is 45.2 Å². The van der Waals surface area contributed by atoms with Crippen LogP contribution in [0, 0.1) is 6.92 Å². The molecule has 5 nitrogen and oxygen atoms in total. The zero-order valence-electron chi connectivity index (χ0n) is 14.9. The first-order valence-electron chi connectivity index (χ1n) is 8.76. The van der Waals surface area contributed by atoms with Gasteiger partial charge in [-0.25, -0.2) is 15.0 Å². The summed E-state index contributed by atoms with van der Waals surface area (Å²) in [5, 5.41) is 0.907. The van der Waals surface area contributed by atoms with E-state index in [0.29, 0.717) is 11.5 Å². The van der Waals surface area contributed by atoms with Crippen molar-refractivity contribution < 1.29 is 18.3 Å². The summed E-state index contributed by atoms with van der Waals surface area (Å²) in [4.78, 5) is 26.4. The molecular weight excluding hydrogens is 408 g/mol. The van der Waals surface area contributed by atoms with E-state index in [0.717, 1.165) is 39.3 Å². The molecule has 1 saturated carbocycles. The molecule has 0 aromatic carbocycles. The fraction of sp³-hybridized carbons (Fsp3) is 0.368. The zero-order valence-corrected chi connectivity index (χ0v) is 16.5. The van der Waals surface area contributed by atoms with Crippen LogP contribution in [0.1, 0.15) is 40.5 Å². The number of ketones is 1. The summed E-state index contributed by atoms with van der Waals surface area (Å²) >= 11 is 7.46. The van der Waals surface area contributed by atoms with Gasteiger partial charge in [0.15, 0.2) is 0 Å². The lowest BCUT2D eigenvalue weighted by atomic mass is 9.98. The minimum Gasteiger partial charge on any atom is -0.415 e. The van der Waals surface area contributed by atoms with Gasteiger partial charge in [-0.3, -0.25) is 4.79 Å². The van der Waals surface area contributed by atoms with Crippen molar-refractivity contribution in [3.8, 4) is 5.88 Å². The number of aryl methyl sites for hydroxylation is 1. The highest BCUT2D eigenvalue weighted by molar-refractivity contribution is 7.18. The molecule has 3 aromatic rings. The van der Waals surface area contributed by atoms with E-state index < -0.39 is 6.61 Å². The predicted molar refractivity (Wildman–Crippen MR) is 102 cm³/mol. The van der Waals surface area contributed by atoms with Crippen molar-refractivity contribution in [2.24, 2.45) is 0 Å². The van der Waals surface area contributed by atoms with Gasteiger partial charge in [-0.1, -0.05) is 22.9 Å². The second-order valence-electron chi connectivity index (χ2n) is 6.76. The Hall–Kier alpha value is -2.19. The van der Waals surface area contributed by atoms with E-state index in [2.05, 4.69) is 19.7 Å². The molecule has 0 atom stereocenters. The van der Waals surface area contributed by atoms with Crippen LogP contribution in [0.15, 0.2) is 18.5 Å². The molecule has 1 fully saturated rings. The quantitative estimate of drug-likeness (QED) is 0.541. The molecule has 3 heterocycles. The van der Waals surface area contributed by atoms with E-state index in [1.165, 1.54) is 12.3 Å². The van der Waals surface area contributed by atoms with Crippen molar-refractivity contribution in [1.82, 2.24) is 15.0 Å². The number of hydrogen-bond donors (Lipinski definition) is 0. The molecule has 1 aliphatic carbocycles. The average Bonchev–Trinajstić information content (AvgIpc) is 3.37. The first-order chi connectivity index (χ1) is 13.4. The number of nitrogens with zero attached hydrogens (tertiary/aromatic N) is 3. The van der Waals surface area contributed by atoms with Crippen LogP contribution < -0.4 is 4.74 Å². The summed E-state index contributed by atoms with van der Waals surface area (Å²) in [6.45, 7) is -1.05. The number of aromatic nitrogens is 3. The SMILES string of the molecule is Cc1nc2c(C3CC3)c(CC(=O)Cc3cnc(OC(F)F)c(Cl)c3)cnc2s1. The molecule has 0 N–H and O–H groups in total. The Morgan fingerprint density at radius 3 is 2.79 bits per heavy atom. The van der Waals surface area contributed by atoms with Crippen molar-refractivity contribution in [2.45, 2.75) is 45.1 Å². The van der Waals surface area contributed by atoms with E-state index in [1.54, 1.807) is 17.5 Å². The maximum absolute atomic E-state index is 12.6. The van der Waals surface area contributed by atoms with Gasteiger partial charge >= 0.3 is 6.61 Å². The first-order valence-corrected chi connectivity index (χ1v) is 9.96. The number of hydrogen-bond acceptors (Lipinski definition) is 6.